The molecule has 4 heteroatoms. The zero-order chi connectivity index (χ0) is 9.35. The fourth-order valence-corrected chi connectivity index (χ4v) is 0.925. The number of methoxy groups -OCH3 is 1. The second-order valence-corrected chi connectivity index (χ2v) is 2.56. The van der Waals surface area contributed by atoms with Crippen LogP contribution in [0.1, 0.15) is 6.92 Å². The van der Waals surface area contributed by atoms with Crippen molar-refractivity contribution in [2.24, 2.45) is 0 Å². The molecule has 66 valence electrons. The second-order valence-electron chi connectivity index (χ2n) is 2.56. The second kappa shape index (κ2) is 2.64. The summed E-state index contributed by atoms with van der Waals surface area (Å²) in [5.74, 6) is -2.33. The molecule has 0 saturated carbocycles. The summed E-state index contributed by atoms with van der Waals surface area (Å²) in [6.07, 6.45) is 1.09. The molecule has 0 bridgehead atoms. The molecule has 1 aliphatic heterocycles. The zero-order valence-corrected chi connectivity index (χ0v) is 6.96. The van der Waals surface area contributed by atoms with Crippen molar-refractivity contribution in [2.75, 3.05) is 7.11 Å². The summed E-state index contributed by atoms with van der Waals surface area (Å²) < 4.78 is 9.38. The van der Waals surface area contributed by atoms with Crippen LogP contribution >= 0.6 is 0 Å². The molecular weight excluding hydrogens is 160 g/mol. The summed E-state index contributed by atoms with van der Waals surface area (Å²) in [6, 6.07) is 0. The van der Waals surface area contributed by atoms with Crippen LogP contribution in [0.3, 0.4) is 0 Å². The highest BCUT2D eigenvalue weighted by molar-refractivity contribution is 5.86. The van der Waals surface area contributed by atoms with Crippen LogP contribution in [-0.2, 0) is 14.3 Å². The molecule has 1 atom stereocenters. The highest BCUT2D eigenvalue weighted by Gasteiger charge is 2.43. The van der Waals surface area contributed by atoms with Gasteiger partial charge >= 0.3 is 5.97 Å². The number of rotatable bonds is 2. The Morgan fingerprint density at radius 3 is 2.75 bits per heavy atom. The molecule has 1 aliphatic rings. The van der Waals surface area contributed by atoms with Gasteiger partial charge in [-0.1, -0.05) is 6.58 Å². The predicted molar refractivity (Wildman–Crippen MR) is 40.9 cm³/mol. The molecular formula is C8H10O4. The maximum atomic E-state index is 10.8. The lowest BCUT2D eigenvalue weighted by molar-refractivity contribution is -0.176. The average molecular weight is 170 g/mol. The van der Waals surface area contributed by atoms with Crippen LogP contribution in [0.15, 0.2) is 24.0 Å². The molecule has 0 spiro atoms. The molecule has 12 heavy (non-hydrogen) atoms. The van der Waals surface area contributed by atoms with E-state index in [2.05, 4.69) is 11.3 Å². The standard InChI is InChI=1S/C8H10O4/c1-5(2)8(10)6(11-3)4-7(9)12-8/h4,10H,1H2,2-3H3/t8-/m0/s1. The number of carbonyl (C=O) groups excluding carboxylic acids is 1. The summed E-state index contributed by atoms with van der Waals surface area (Å²) in [5, 5.41) is 9.66. The molecule has 0 saturated heterocycles. The van der Waals surface area contributed by atoms with Gasteiger partial charge in [0.25, 0.3) is 5.79 Å². The lowest BCUT2D eigenvalue weighted by Crippen LogP contribution is -2.33. The molecule has 0 aromatic rings. The van der Waals surface area contributed by atoms with Crippen molar-refractivity contribution in [1.82, 2.24) is 0 Å². The third-order valence-corrected chi connectivity index (χ3v) is 1.63. The van der Waals surface area contributed by atoms with Gasteiger partial charge < -0.3 is 14.6 Å². The Bertz CT molecular complexity index is 266. The fourth-order valence-electron chi connectivity index (χ4n) is 0.925. The minimum atomic E-state index is -1.77. The Morgan fingerprint density at radius 2 is 2.42 bits per heavy atom. The number of aliphatic hydroxyl groups is 1. The van der Waals surface area contributed by atoms with E-state index in [1.807, 2.05) is 0 Å². The smallest absolute Gasteiger partial charge is 0.337 e. The Labute approximate surface area is 70.1 Å². The topological polar surface area (TPSA) is 55.8 Å². The van der Waals surface area contributed by atoms with Gasteiger partial charge in [0.05, 0.1) is 13.2 Å². The normalized spacial score (nSPS) is 27.9. The van der Waals surface area contributed by atoms with Crippen LogP contribution in [0.2, 0.25) is 0 Å². The largest absolute Gasteiger partial charge is 0.494 e. The molecule has 0 aliphatic carbocycles. The van der Waals surface area contributed by atoms with Gasteiger partial charge in [-0.15, -0.1) is 0 Å². The van der Waals surface area contributed by atoms with Crippen molar-refractivity contribution < 1.29 is 19.4 Å². The van der Waals surface area contributed by atoms with Crippen LogP contribution in [0.5, 0.6) is 0 Å². The van der Waals surface area contributed by atoms with Crippen LogP contribution in [0.25, 0.3) is 0 Å². The minimum absolute atomic E-state index is 0.0694. The Kier molecular flexibility index (Phi) is 1.94. The molecule has 1 N–H and O–H groups in total. The first-order valence-electron chi connectivity index (χ1n) is 3.38. The molecule has 0 fully saturated rings. The Balaban J connectivity index is 3.02. The molecule has 1 rings (SSSR count). The minimum Gasteiger partial charge on any atom is -0.494 e. The SMILES string of the molecule is C=C(C)[C@]1(O)OC(=O)C=C1OC. The number of ether oxygens (including phenoxy) is 2. The lowest BCUT2D eigenvalue weighted by Gasteiger charge is -2.23. The maximum absolute atomic E-state index is 10.8. The fraction of sp³-hybridized carbons (Fsp3) is 0.375. The molecule has 0 aromatic heterocycles. The molecule has 4 nitrogen and oxygen atoms in total. The van der Waals surface area contributed by atoms with Gasteiger partial charge in [-0.2, -0.15) is 0 Å². The quantitative estimate of drug-likeness (QED) is 0.479. The first kappa shape index (κ1) is 8.80. The third kappa shape index (κ3) is 1.10. The van der Waals surface area contributed by atoms with E-state index in [0.29, 0.717) is 5.57 Å². The van der Waals surface area contributed by atoms with Gasteiger partial charge in [0, 0.05) is 0 Å². The first-order chi connectivity index (χ1) is 5.50. The lowest BCUT2D eigenvalue weighted by atomic mass is 10.1. The first-order valence-corrected chi connectivity index (χ1v) is 3.38. The van der Waals surface area contributed by atoms with Crippen molar-refractivity contribution in [3.63, 3.8) is 0 Å². The zero-order valence-electron chi connectivity index (χ0n) is 6.96. The predicted octanol–water partition coefficient (Wildman–Crippen LogP) is 0.338. The number of hydrogen-bond acceptors (Lipinski definition) is 4. The number of hydrogen-bond donors (Lipinski definition) is 1. The Morgan fingerprint density at radius 1 is 1.83 bits per heavy atom. The van der Waals surface area contributed by atoms with Crippen molar-refractivity contribution in [3.05, 3.63) is 24.0 Å². The summed E-state index contributed by atoms with van der Waals surface area (Å²) >= 11 is 0. The van der Waals surface area contributed by atoms with Gasteiger partial charge in [-0.05, 0) is 12.5 Å². The van der Waals surface area contributed by atoms with Crippen LogP contribution < -0.4 is 0 Å². The molecule has 0 unspecified atom stereocenters. The van der Waals surface area contributed by atoms with Gasteiger partial charge in [0.15, 0.2) is 5.76 Å². The summed E-state index contributed by atoms with van der Waals surface area (Å²) in [4.78, 5) is 10.8. The van der Waals surface area contributed by atoms with Gasteiger partial charge in [-0.3, -0.25) is 0 Å². The number of cyclic esters (lactones) is 1. The van der Waals surface area contributed by atoms with Crippen LogP contribution in [0.4, 0.5) is 0 Å². The number of esters is 1. The third-order valence-electron chi connectivity index (χ3n) is 1.63. The van der Waals surface area contributed by atoms with Gasteiger partial charge in [-0.25, -0.2) is 4.79 Å². The van der Waals surface area contributed by atoms with E-state index >= 15 is 0 Å². The van der Waals surface area contributed by atoms with E-state index in [0.717, 1.165) is 6.08 Å². The highest BCUT2D eigenvalue weighted by Crippen LogP contribution is 2.31. The van der Waals surface area contributed by atoms with Crippen molar-refractivity contribution in [1.29, 1.82) is 0 Å². The van der Waals surface area contributed by atoms with Crippen LogP contribution in [0, 0.1) is 0 Å². The van der Waals surface area contributed by atoms with Crippen molar-refractivity contribution in [2.45, 2.75) is 12.7 Å². The Hall–Kier alpha value is -1.29. The molecule has 0 aromatic carbocycles. The van der Waals surface area contributed by atoms with Gasteiger partial charge in [0.1, 0.15) is 0 Å². The van der Waals surface area contributed by atoms with E-state index in [-0.39, 0.29) is 5.76 Å². The maximum Gasteiger partial charge on any atom is 0.337 e. The van der Waals surface area contributed by atoms with E-state index < -0.39 is 11.8 Å². The average Bonchev–Trinajstić information content (AvgIpc) is 2.27. The van der Waals surface area contributed by atoms with Crippen molar-refractivity contribution >= 4 is 5.97 Å². The summed E-state index contributed by atoms with van der Waals surface area (Å²) in [6.45, 7) is 5.04. The monoisotopic (exact) mass is 170 g/mol. The highest BCUT2D eigenvalue weighted by atomic mass is 16.7. The summed E-state index contributed by atoms with van der Waals surface area (Å²) in [7, 11) is 1.35. The van der Waals surface area contributed by atoms with E-state index in [1.165, 1.54) is 7.11 Å². The van der Waals surface area contributed by atoms with Gasteiger partial charge in [0.2, 0.25) is 0 Å². The molecule has 1 heterocycles. The number of carbonyl (C=O) groups is 1. The molecule has 0 radical (unpaired) electrons. The van der Waals surface area contributed by atoms with Crippen molar-refractivity contribution in [3.8, 4) is 0 Å². The summed E-state index contributed by atoms with van der Waals surface area (Å²) in [5.41, 5.74) is 0.307. The molecule has 0 amide bonds. The van der Waals surface area contributed by atoms with Crippen LogP contribution in [-0.4, -0.2) is 24.0 Å². The van der Waals surface area contributed by atoms with E-state index in [9.17, 15) is 9.90 Å². The van der Waals surface area contributed by atoms with E-state index in [1.54, 1.807) is 6.92 Å². The van der Waals surface area contributed by atoms with E-state index in [4.69, 9.17) is 4.74 Å².